The summed E-state index contributed by atoms with van der Waals surface area (Å²) in [5, 5.41) is 1.85. The summed E-state index contributed by atoms with van der Waals surface area (Å²) in [6.07, 6.45) is 5.13. The van der Waals surface area contributed by atoms with Crippen molar-refractivity contribution in [1.82, 2.24) is 14.9 Å². The monoisotopic (exact) mass is 170 g/mol. The summed E-state index contributed by atoms with van der Waals surface area (Å²) >= 11 is 5.79. The number of hydrogen-bond acceptors (Lipinski definition) is 4. The third-order valence-corrected chi connectivity index (χ3v) is 1.88. The third-order valence-electron chi connectivity index (χ3n) is 1.61. The molecular formula is C6H7ClN4. The Morgan fingerprint density at radius 2 is 2.36 bits per heavy atom. The zero-order valence-electron chi connectivity index (χ0n) is 5.95. The first-order chi connectivity index (χ1) is 5.29. The lowest BCUT2D eigenvalue weighted by Gasteiger charge is -2.19. The molecule has 0 saturated heterocycles. The standard InChI is InChI=1S/C6H7ClN4/c1-10-5-2-8-4-11(7)6(5)3-9-10/h2-4,9H,1H3. The quantitative estimate of drug-likeness (QED) is 0.541. The normalized spacial score (nSPS) is 20.9. The van der Waals surface area contributed by atoms with Gasteiger partial charge in [0.05, 0.1) is 6.20 Å². The first-order valence-electron chi connectivity index (χ1n) is 3.18. The van der Waals surface area contributed by atoms with E-state index in [0.717, 1.165) is 11.4 Å². The molecule has 5 heteroatoms. The Hall–Kier alpha value is -1.16. The van der Waals surface area contributed by atoms with Gasteiger partial charge in [0.25, 0.3) is 0 Å². The van der Waals surface area contributed by atoms with Crippen LogP contribution in [-0.4, -0.2) is 22.8 Å². The van der Waals surface area contributed by atoms with E-state index in [-0.39, 0.29) is 0 Å². The van der Waals surface area contributed by atoms with E-state index in [2.05, 4.69) is 10.4 Å². The van der Waals surface area contributed by atoms with Crippen LogP contribution in [0.15, 0.2) is 28.8 Å². The van der Waals surface area contributed by atoms with Gasteiger partial charge in [-0.15, -0.1) is 0 Å². The molecule has 0 atom stereocenters. The summed E-state index contributed by atoms with van der Waals surface area (Å²) in [6, 6.07) is 0. The number of nitrogens with one attached hydrogen (secondary N) is 1. The molecule has 0 radical (unpaired) electrons. The smallest absolute Gasteiger partial charge is 0.111 e. The molecule has 2 aliphatic rings. The lowest BCUT2D eigenvalue weighted by Crippen LogP contribution is -2.25. The van der Waals surface area contributed by atoms with Crippen molar-refractivity contribution in [3.05, 3.63) is 23.8 Å². The van der Waals surface area contributed by atoms with Crippen LogP contribution in [0.1, 0.15) is 0 Å². The first-order valence-corrected chi connectivity index (χ1v) is 3.52. The number of nitrogens with zero attached hydrogens (tertiary/aromatic N) is 3. The zero-order chi connectivity index (χ0) is 7.84. The van der Waals surface area contributed by atoms with Crippen LogP contribution in [0.5, 0.6) is 0 Å². The molecule has 0 unspecified atom stereocenters. The van der Waals surface area contributed by atoms with Crippen LogP contribution in [0.4, 0.5) is 0 Å². The Bertz CT molecular complexity index is 268. The molecule has 2 heterocycles. The third kappa shape index (κ3) is 0.867. The predicted octanol–water partition coefficient (Wildman–Crippen LogP) is 0.617. The van der Waals surface area contributed by atoms with Crippen LogP contribution in [0.25, 0.3) is 0 Å². The van der Waals surface area contributed by atoms with Crippen LogP contribution in [0, 0.1) is 0 Å². The molecule has 2 aliphatic heterocycles. The van der Waals surface area contributed by atoms with E-state index in [4.69, 9.17) is 11.8 Å². The lowest BCUT2D eigenvalue weighted by atomic mass is 10.3. The van der Waals surface area contributed by atoms with Gasteiger partial charge in [0.1, 0.15) is 17.7 Å². The molecule has 4 nitrogen and oxygen atoms in total. The molecule has 0 fully saturated rings. The molecule has 0 spiro atoms. The maximum absolute atomic E-state index is 5.79. The van der Waals surface area contributed by atoms with Crippen LogP contribution >= 0.6 is 11.8 Å². The van der Waals surface area contributed by atoms with Crippen LogP contribution in [-0.2, 0) is 0 Å². The van der Waals surface area contributed by atoms with Gasteiger partial charge < -0.3 is 5.43 Å². The molecule has 1 N–H and O–H groups in total. The summed E-state index contributed by atoms with van der Waals surface area (Å²) in [4.78, 5) is 3.94. The van der Waals surface area contributed by atoms with Gasteiger partial charge in [0.15, 0.2) is 0 Å². The van der Waals surface area contributed by atoms with Crippen molar-refractivity contribution in [3.8, 4) is 0 Å². The Labute approximate surface area is 69.5 Å². The number of likely N-dealkylation sites (N-methyl/N-ethyl adjacent to an activating group) is 1. The van der Waals surface area contributed by atoms with Gasteiger partial charge in [-0.2, -0.15) is 0 Å². The highest BCUT2D eigenvalue weighted by Gasteiger charge is 2.22. The van der Waals surface area contributed by atoms with Gasteiger partial charge in [-0.05, 0) is 0 Å². The van der Waals surface area contributed by atoms with E-state index in [0.29, 0.717) is 0 Å². The van der Waals surface area contributed by atoms with E-state index in [9.17, 15) is 0 Å². The number of aliphatic imine (C=N–C) groups is 1. The Morgan fingerprint density at radius 3 is 3.09 bits per heavy atom. The largest absolute Gasteiger partial charge is 0.304 e. The number of hydrazine groups is 1. The van der Waals surface area contributed by atoms with E-state index in [1.165, 1.54) is 4.42 Å². The summed E-state index contributed by atoms with van der Waals surface area (Å²) in [5.74, 6) is 0. The van der Waals surface area contributed by atoms with Gasteiger partial charge >= 0.3 is 0 Å². The van der Waals surface area contributed by atoms with Crippen molar-refractivity contribution in [1.29, 1.82) is 0 Å². The van der Waals surface area contributed by atoms with E-state index < -0.39 is 0 Å². The van der Waals surface area contributed by atoms with Crippen molar-refractivity contribution >= 4 is 18.1 Å². The van der Waals surface area contributed by atoms with Crippen molar-refractivity contribution in [2.45, 2.75) is 0 Å². The second-order valence-electron chi connectivity index (χ2n) is 2.31. The summed E-state index contributed by atoms with van der Waals surface area (Å²) in [7, 11) is 1.90. The molecule has 0 bridgehead atoms. The predicted molar refractivity (Wildman–Crippen MR) is 43.2 cm³/mol. The fourth-order valence-electron chi connectivity index (χ4n) is 1.02. The number of fused-ring (bicyclic) bond motifs is 1. The molecular weight excluding hydrogens is 164 g/mol. The van der Waals surface area contributed by atoms with Gasteiger partial charge in [-0.1, -0.05) is 0 Å². The van der Waals surface area contributed by atoms with Gasteiger partial charge in [-0.3, -0.25) is 5.01 Å². The highest BCUT2D eigenvalue weighted by atomic mass is 35.5. The molecule has 0 saturated carbocycles. The fourth-order valence-corrected chi connectivity index (χ4v) is 1.21. The first kappa shape index (κ1) is 6.54. The molecule has 0 aromatic carbocycles. The highest BCUT2D eigenvalue weighted by molar-refractivity contribution is 6.20. The fraction of sp³-hybridized carbons (Fsp3) is 0.167. The molecule has 0 aliphatic carbocycles. The Kier molecular flexibility index (Phi) is 1.29. The average Bonchev–Trinajstić information content (AvgIpc) is 2.35. The molecule has 58 valence electrons. The maximum atomic E-state index is 5.79. The van der Waals surface area contributed by atoms with Crippen molar-refractivity contribution in [2.24, 2.45) is 4.99 Å². The number of hydrogen-bond donors (Lipinski definition) is 1. The average molecular weight is 171 g/mol. The van der Waals surface area contributed by atoms with Crippen LogP contribution in [0.3, 0.4) is 0 Å². The van der Waals surface area contributed by atoms with Crippen molar-refractivity contribution in [2.75, 3.05) is 7.05 Å². The highest BCUT2D eigenvalue weighted by Crippen LogP contribution is 2.24. The Balaban J connectivity index is 2.38. The van der Waals surface area contributed by atoms with E-state index in [1.807, 2.05) is 18.3 Å². The van der Waals surface area contributed by atoms with Crippen molar-refractivity contribution < 1.29 is 0 Å². The summed E-state index contributed by atoms with van der Waals surface area (Å²) in [6.45, 7) is 0. The van der Waals surface area contributed by atoms with Crippen molar-refractivity contribution in [3.63, 3.8) is 0 Å². The molecule has 0 amide bonds. The van der Waals surface area contributed by atoms with Crippen LogP contribution < -0.4 is 5.43 Å². The summed E-state index contributed by atoms with van der Waals surface area (Å²) < 4.78 is 1.45. The van der Waals surface area contributed by atoms with Crippen LogP contribution in [0.2, 0.25) is 0 Å². The topological polar surface area (TPSA) is 30.9 Å². The van der Waals surface area contributed by atoms with E-state index >= 15 is 0 Å². The minimum Gasteiger partial charge on any atom is -0.304 e. The molecule has 2 rings (SSSR count). The molecule has 11 heavy (non-hydrogen) atoms. The summed E-state index contributed by atoms with van der Waals surface area (Å²) in [5.41, 5.74) is 4.88. The number of rotatable bonds is 0. The zero-order valence-corrected chi connectivity index (χ0v) is 6.71. The van der Waals surface area contributed by atoms with Gasteiger partial charge in [0.2, 0.25) is 0 Å². The maximum Gasteiger partial charge on any atom is 0.111 e. The molecule has 0 aromatic rings. The second kappa shape index (κ2) is 2.17. The van der Waals surface area contributed by atoms with Gasteiger partial charge in [0, 0.05) is 25.0 Å². The lowest BCUT2D eigenvalue weighted by molar-refractivity contribution is 0.379. The SMILES string of the molecule is CN1NC=C2C1=CN=CN2Cl. The Morgan fingerprint density at radius 1 is 1.55 bits per heavy atom. The number of halogens is 1. The van der Waals surface area contributed by atoms with Gasteiger partial charge in [-0.25, -0.2) is 9.41 Å². The second-order valence-corrected chi connectivity index (χ2v) is 2.67. The minimum atomic E-state index is 0.921. The van der Waals surface area contributed by atoms with E-state index in [1.54, 1.807) is 12.5 Å². The minimum absolute atomic E-state index is 0.921. The molecule has 0 aromatic heterocycles.